The Morgan fingerprint density at radius 3 is 2.72 bits per heavy atom. The summed E-state index contributed by atoms with van der Waals surface area (Å²) in [6.45, 7) is 1.22. The Morgan fingerprint density at radius 1 is 1.67 bits per heavy atom. The van der Waals surface area contributed by atoms with Gasteiger partial charge in [-0.3, -0.25) is 4.79 Å². The fraction of sp³-hybridized carbons (Fsp3) is 0.500. The van der Waals surface area contributed by atoms with Crippen molar-refractivity contribution in [3.05, 3.63) is 12.2 Å². The minimum atomic E-state index is -3.84. The van der Waals surface area contributed by atoms with Gasteiger partial charge in [-0.05, 0) is 6.92 Å². The molecule has 0 spiro atoms. The molecule has 7 nitrogen and oxygen atoms in total. The molecule has 0 aromatic carbocycles. The molecule has 3 atom stereocenters. The van der Waals surface area contributed by atoms with E-state index in [2.05, 4.69) is 0 Å². The Hall–Kier alpha value is -1.88. The zero-order valence-corrected chi connectivity index (χ0v) is 10.2. The topological polar surface area (TPSA) is 116 Å². The van der Waals surface area contributed by atoms with Gasteiger partial charge in [0.1, 0.15) is 10.1 Å². The van der Waals surface area contributed by atoms with Crippen molar-refractivity contribution in [2.75, 3.05) is 0 Å². The first kappa shape index (κ1) is 12.6. The first-order chi connectivity index (χ1) is 8.27. The number of carboxylic acids is 1. The molecular formula is C10H10N2O5S. The van der Waals surface area contributed by atoms with Crippen LogP contribution in [0.5, 0.6) is 0 Å². The van der Waals surface area contributed by atoms with Crippen molar-refractivity contribution in [1.82, 2.24) is 4.90 Å². The van der Waals surface area contributed by atoms with E-state index in [0.717, 1.165) is 17.1 Å². The van der Waals surface area contributed by atoms with Crippen LogP contribution in [-0.4, -0.2) is 46.5 Å². The summed E-state index contributed by atoms with van der Waals surface area (Å²) in [7, 11) is -3.84. The average molecular weight is 270 g/mol. The quantitative estimate of drug-likeness (QED) is 0.522. The number of carbonyl (C=O) groups is 2. The summed E-state index contributed by atoms with van der Waals surface area (Å²) < 4.78 is 22.7. The SMILES string of the molecule is C[C@]1(C=CC#N)C(C(=O)O)N2C(=O)CC2S1(=O)=O. The van der Waals surface area contributed by atoms with Crippen molar-refractivity contribution in [2.45, 2.75) is 29.5 Å². The molecule has 0 radical (unpaired) electrons. The molecule has 0 aromatic heterocycles. The average Bonchev–Trinajstić information content (AvgIpc) is 2.41. The molecule has 2 heterocycles. The Labute approximate surface area is 103 Å². The van der Waals surface area contributed by atoms with Gasteiger partial charge in [0, 0.05) is 6.08 Å². The number of nitriles is 1. The predicted octanol–water partition coefficient (Wildman–Crippen LogP) is -0.735. The molecule has 0 bridgehead atoms. The number of hydrogen-bond acceptors (Lipinski definition) is 5. The van der Waals surface area contributed by atoms with Crippen molar-refractivity contribution in [1.29, 1.82) is 5.26 Å². The molecule has 18 heavy (non-hydrogen) atoms. The van der Waals surface area contributed by atoms with Gasteiger partial charge in [-0.25, -0.2) is 13.2 Å². The maximum Gasteiger partial charge on any atom is 0.328 e. The summed E-state index contributed by atoms with van der Waals surface area (Å²) in [5, 5.41) is 16.5. The van der Waals surface area contributed by atoms with Crippen molar-refractivity contribution in [3.8, 4) is 6.07 Å². The molecule has 0 aliphatic carbocycles. The van der Waals surface area contributed by atoms with Gasteiger partial charge >= 0.3 is 5.97 Å². The molecule has 1 amide bonds. The third-order valence-electron chi connectivity index (χ3n) is 3.46. The van der Waals surface area contributed by atoms with Gasteiger partial charge in [0.05, 0.1) is 12.5 Å². The van der Waals surface area contributed by atoms with E-state index in [0.29, 0.717) is 0 Å². The number of fused-ring (bicyclic) bond motifs is 1. The number of allylic oxidation sites excluding steroid dienone is 1. The highest BCUT2D eigenvalue weighted by Gasteiger charge is 2.68. The van der Waals surface area contributed by atoms with Crippen LogP contribution in [0.15, 0.2) is 12.2 Å². The summed E-state index contributed by atoms with van der Waals surface area (Å²) in [4.78, 5) is 23.5. The molecule has 2 rings (SSSR count). The number of carbonyl (C=O) groups excluding carboxylic acids is 1. The zero-order chi connectivity index (χ0) is 13.7. The minimum absolute atomic E-state index is 0.192. The molecule has 8 heteroatoms. The van der Waals surface area contributed by atoms with Gasteiger partial charge in [0.25, 0.3) is 0 Å². The fourth-order valence-electron chi connectivity index (χ4n) is 2.45. The van der Waals surface area contributed by atoms with E-state index >= 15 is 0 Å². The lowest BCUT2D eigenvalue weighted by Gasteiger charge is -2.35. The molecule has 2 fully saturated rings. The van der Waals surface area contributed by atoms with Gasteiger partial charge in [0.15, 0.2) is 15.9 Å². The highest BCUT2D eigenvalue weighted by atomic mass is 32.2. The smallest absolute Gasteiger partial charge is 0.328 e. The van der Waals surface area contributed by atoms with Crippen LogP contribution in [0.25, 0.3) is 0 Å². The van der Waals surface area contributed by atoms with E-state index in [1.807, 2.05) is 0 Å². The number of aliphatic carboxylic acids is 1. The summed E-state index contributed by atoms with van der Waals surface area (Å²) in [6, 6.07) is 0.163. The summed E-state index contributed by atoms with van der Waals surface area (Å²) in [5.74, 6) is -1.88. The Balaban J connectivity index is 2.61. The van der Waals surface area contributed by atoms with Crippen LogP contribution >= 0.6 is 0 Å². The molecule has 1 N–H and O–H groups in total. The molecule has 2 aliphatic rings. The van der Waals surface area contributed by atoms with Gasteiger partial charge in [0.2, 0.25) is 5.91 Å². The standard InChI is InChI=1S/C10H10N2O5S/c1-10(3-2-4-11)8(9(14)15)12-6(13)5-7(12)18(10,16)17/h2-3,7-8H,5H2,1H3,(H,14,15)/t7?,8?,10-/m0/s1. The molecule has 96 valence electrons. The Morgan fingerprint density at radius 2 is 2.28 bits per heavy atom. The fourth-order valence-corrected chi connectivity index (χ4v) is 4.72. The van der Waals surface area contributed by atoms with Gasteiger partial charge < -0.3 is 10.0 Å². The Bertz CT molecular complexity index is 602. The predicted molar refractivity (Wildman–Crippen MR) is 58.8 cm³/mol. The van der Waals surface area contributed by atoms with E-state index in [-0.39, 0.29) is 6.42 Å². The lowest BCUT2D eigenvalue weighted by atomic mass is 9.96. The second-order valence-electron chi connectivity index (χ2n) is 4.39. The number of amides is 1. The Kier molecular flexibility index (Phi) is 2.48. The van der Waals surface area contributed by atoms with E-state index in [1.165, 1.54) is 6.92 Å². The molecule has 2 unspecified atom stereocenters. The number of rotatable bonds is 2. The van der Waals surface area contributed by atoms with Crippen molar-refractivity contribution >= 4 is 21.7 Å². The van der Waals surface area contributed by atoms with Crippen LogP contribution in [0.3, 0.4) is 0 Å². The van der Waals surface area contributed by atoms with Crippen molar-refractivity contribution in [2.24, 2.45) is 0 Å². The van der Waals surface area contributed by atoms with E-state index in [4.69, 9.17) is 10.4 Å². The third kappa shape index (κ3) is 1.25. The van der Waals surface area contributed by atoms with Crippen LogP contribution < -0.4 is 0 Å². The molecule has 0 aromatic rings. The number of hydrogen-bond donors (Lipinski definition) is 1. The molecule has 2 aliphatic heterocycles. The number of nitrogens with zero attached hydrogens (tertiary/aromatic N) is 2. The summed E-state index contributed by atoms with van der Waals surface area (Å²) >= 11 is 0. The number of sulfone groups is 1. The second kappa shape index (κ2) is 3.55. The lowest BCUT2D eigenvalue weighted by molar-refractivity contribution is -0.157. The van der Waals surface area contributed by atoms with Crippen LogP contribution in [-0.2, 0) is 19.4 Å². The van der Waals surface area contributed by atoms with E-state index in [9.17, 15) is 18.0 Å². The van der Waals surface area contributed by atoms with Crippen molar-refractivity contribution in [3.63, 3.8) is 0 Å². The van der Waals surface area contributed by atoms with Gasteiger partial charge in [-0.1, -0.05) is 6.08 Å². The van der Waals surface area contributed by atoms with E-state index < -0.39 is 37.9 Å². The monoisotopic (exact) mass is 270 g/mol. The lowest BCUT2D eigenvalue weighted by Crippen LogP contribution is -2.57. The summed E-state index contributed by atoms with van der Waals surface area (Å²) in [6.07, 6.45) is 1.79. The zero-order valence-electron chi connectivity index (χ0n) is 9.40. The third-order valence-corrected chi connectivity index (χ3v) is 6.16. The highest BCUT2D eigenvalue weighted by molar-refractivity contribution is 7.94. The number of carboxylic acid groups (broad SMARTS) is 1. The van der Waals surface area contributed by atoms with Crippen LogP contribution in [0.2, 0.25) is 0 Å². The molecule has 0 saturated carbocycles. The van der Waals surface area contributed by atoms with Crippen LogP contribution in [0, 0.1) is 11.3 Å². The van der Waals surface area contributed by atoms with Crippen LogP contribution in [0.1, 0.15) is 13.3 Å². The number of β-lactam (4-membered cyclic amide) rings is 1. The normalized spacial score (nSPS) is 37.1. The highest BCUT2D eigenvalue weighted by Crippen LogP contribution is 2.46. The van der Waals surface area contributed by atoms with E-state index in [1.54, 1.807) is 6.07 Å². The van der Waals surface area contributed by atoms with Crippen LogP contribution in [0.4, 0.5) is 0 Å². The summed E-state index contributed by atoms with van der Waals surface area (Å²) in [5.41, 5.74) is 0. The molecular weight excluding hydrogens is 260 g/mol. The first-order valence-corrected chi connectivity index (χ1v) is 6.66. The molecule has 2 saturated heterocycles. The second-order valence-corrected chi connectivity index (χ2v) is 6.91. The maximum atomic E-state index is 12.2. The van der Waals surface area contributed by atoms with Gasteiger partial charge in [-0.2, -0.15) is 5.26 Å². The largest absolute Gasteiger partial charge is 0.480 e. The first-order valence-electron chi connectivity index (χ1n) is 5.12. The minimum Gasteiger partial charge on any atom is -0.480 e. The maximum absolute atomic E-state index is 12.2. The van der Waals surface area contributed by atoms with Crippen molar-refractivity contribution < 1.29 is 23.1 Å². The van der Waals surface area contributed by atoms with Gasteiger partial charge in [-0.15, -0.1) is 0 Å².